The fraction of sp³-hybridized carbons (Fsp3) is 0.167. The van der Waals surface area contributed by atoms with Crippen LogP contribution in [-0.4, -0.2) is 16.2 Å². The molecule has 5 rings (SSSR count). The van der Waals surface area contributed by atoms with E-state index < -0.39 is 0 Å². The Labute approximate surface area is 205 Å². The molecule has 5 aromatic rings. The first-order chi connectivity index (χ1) is 16.7. The molecular weight excluding hydrogens is 436 g/mol. The van der Waals surface area contributed by atoms with Gasteiger partial charge in [0.05, 0.1) is 22.8 Å². The second-order valence-electron chi connectivity index (χ2n) is 8.40. The molecule has 0 fully saturated rings. The van der Waals surface area contributed by atoms with Crippen LogP contribution in [0.5, 0.6) is 5.75 Å². The van der Waals surface area contributed by atoms with Crippen LogP contribution in [0.3, 0.4) is 0 Å². The summed E-state index contributed by atoms with van der Waals surface area (Å²) in [6.45, 7) is 5.50. The first-order valence-corrected chi connectivity index (χ1v) is 12.5. The number of para-hydroxylation sites is 3. The van der Waals surface area contributed by atoms with Crippen LogP contribution in [0.1, 0.15) is 27.8 Å². The van der Waals surface area contributed by atoms with Crippen molar-refractivity contribution in [2.75, 3.05) is 6.61 Å². The van der Waals surface area contributed by atoms with Gasteiger partial charge >= 0.3 is 0 Å². The highest BCUT2D eigenvalue weighted by Gasteiger charge is 2.23. The van der Waals surface area contributed by atoms with E-state index in [9.17, 15) is 0 Å². The van der Waals surface area contributed by atoms with Crippen molar-refractivity contribution in [3.8, 4) is 5.75 Å². The highest BCUT2D eigenvalue weighted by atomic mass is 32.2. The summed E-state index contributed by atoms with van der Waals surface area (Å²) in [7, 11) is 0. The Morgan fingerprint density at radius 1 is 0.765 bits per heavy atom. The fourth-order valence-corrected chi connectivity index (χ4v) is 5.49. The van der Waals surface area contributed by atoms with Crippen LogP contribution in [0, 0.1) is 13.8 Å². The average molecular weight is 465 g/mol. The van der Waals surface area contributed by atoms with Gasteiger partial charge in [-0.1, -0.05) is 78.9 Å². The first kappa shape index (κ1) is 22.3. The zero-order valence-corrected chi connectivity index (χ0v) is 20.3. The molecule has 34 heavy (non-hydrogen) atoms. The van der Waals surface area contributed by atoms with Crippen LogP contribution >= 0.6 is 11.8 Å². The van der Waals surface area contributed by atoms with Gasteiger partial charge in [0, 0.05) is 4.90 Å². The van der Waals surface area contributed by atoms with E-state index >= 15 is 0 Å². The van der Waals surface area contributed by atoms with E-state index in [1.54, 1.807) is 0 Å². The summed E-state index contributed by atoms with van der Waals surface area (Å²) in [5.74, 6) is 2.03. The molecule has 1 atom stereocenters. The SMILES string of the molecule is Cc1cccc(C)c1OCCn1c(C(Sc2ccccc2)c2ccccc2)nc2ccccc21. The maximum atomic E-state index is 6.29. The number of fused-ring (bicyclic) bond motifs is 1. The number of nitrogens with zero attached hydrogens (tertiary/aromatic N) is 2. The minimum Gasteiger partial charge on any atom is -0.491 e. The van der Waals surface area contributed by atoms with Crippen molar-refractivity contribution in [3.05, 3.63) is 126 Å². The third-order valence-electron chi connectivity index (χ3n) is 5.99. The molecule has 1 unspecified atom stereocenters. The van der Waals surface area contributed by atoms with Gasteiger partial charge in [-0.25, -0.2) is 4.98 Å². The van der Waals surface area contributed by atoms with Gasteiger partial charge in [-0.15, -0.1) is 11.8 Å². The Bertz CT molecular complexity index is 1360. The Hall–Kier alpha value is -3.50. The summed E-state index contributed by atoms with van der Waals surface area (Å²) in [6, 6.07) is 35.9. The molecule has 0 saturated heterocycles. The van der Waals surface area contributed by atoms with Gasteiger partial charge in [-0.05, 0) is 54.8 Å². The predicted octanol–water partition coefficient (Wildman–Crippen LogP) is 7.61. The quantitative estimate of drug-likeness (QED) is 0.221. The molecule has 0 N–H and O–H groups in total. The summed E-state index contributed by atoms with van der Waals surface area (Å²) in [4.78, 5) is 6.36. The second-order valence-corrected chi connectivity index (χ2v) is 9.58. The van der Waals surface area contributed by atoms with Gasteiger partial charge in [0.2, 0.25) is 0 Å². The predicted molar refractivity (Wildman–Crippen MR) is 142 cm³/mol. The number of hydrogen-bond acceptors (Lipinski definition) is 3. The molecule has 4 heteroatoms. The molecule has 0 bridgehead atoms. The van der Waals surface area contributed by atoms with Gasteiger partial charge in [0.1, 0.15) is 18.2 Å². The standard InChI is InChI=1S/C30H28N2OS/c1-22-12-11-13-23(2)28(22)33-21-20-32-27-19-10-9-18-26(27)31-30(32)29(24-14-5-3-6-15-24)34-25-16-7-4-8-17-25/h3-19,29H,20-21H2,1-2H3. The average Bonchev–Trinajstić information content (AvgIpc) is 3.24. The maximum absolute atomic E-state index is 6.29. The van der Waals surface area contributed by atoms with Crippen molar-refractivity contribution in [2.24, 2.45) is 0 Å². The second kappa shape index (κ2) is 10.2. The number of benzene rings is 4. The number of aryl methyl sites for hydroxylation is 2. The number of hydrogen-bond donors (Lipinski definition) is 0. The van der Waals surface area contributed by atoms with Gasteiger partial charge in [0.25, 0.3) is 0 Å². The van der Waals surface area contributed by atoms with Crippen molar-refractivity contribution < 1.29 is 4.74 Å². The van der Waals surface area contributed by atoms with Crippen LogP contribution in [0.4, 0.5) is 0 Å². The van der Waals surface area contributed by atoms with E-state index in [0.29, 0.717) is 6.61 Å². The number of thioether (sulfide) groups is 1. The number of imidazole rings is 1. The normalized spacial score (nSPS) is 12.1. The number of aromatic nitrogens is 2. The summed E-state index contributed by atoms with van der Waals surface area (Å²) in [5, 5.41) is 0.0659. The topological polar surface area (TPSA) is 27.1 Å². The fourth-order valence-electron chi connectivity index (χ4n) is 4.33. The zero-order chi connectivity index (χ0) is 23.3. The molecule has 0 amide bonds. The largest absolute Gasteiger partial charge is 0.491 e. The molecule has 170 valence electrons. The Kier molecular flexibility index (Phi) is 6.68. The molecule has 0 radical (unpaired) electrons. The lowest BCUT2D eigenvalue weighted by Gasteiger charge is -2.20. The van der Waals surface area contributed by atoms with Crippen molar-refractivity contribution in [1.29, 1.82) is 0 Å². The van der Waals surface area contributed by atoms with Crippen molar-refractivity contribution in [3.63, 3.8) is 0 Å². The van der Waals surface area contributed by atoms with Crippen molar-refractivity contribution >= 4 is 22.8 Å². The molecule has 1 heterocycles. The van der Waals surface area contributed by atoms with Crippen molar-refractivity contribution in [2.45, 2.75) is 30.5 Å². The monoisotopic (exact) mass is 464 g/mol. The molecule has 4 aromatic carbocycles. The minimum absolute atomic E-state index is 0.0659. The van der Waals surface area contributed by atoms with Crippen LogP contribution in [0.25, 0.3) is 11.0 Å². The van der Waals surface area contributed by atoms with E-state index in [1.807, 2.05) is 11.8 Å². The smallest absolute Gasteiger partial charge is 0.128 e. The molecule has 3 nitrogen and oxygen atoms in total. The van der Waals surface area contributed by atoms with Crippen LogP contribution in [0.2, 0.25) is 0 Å². The highest BCUT2D eigenvalue weighted by molar-refractivity contribution is 7.99. The minimum atomic E-state index is 0.0659. The van der Waals surface area contributed by atoms with Crippen LogP contribution in [0.15, 0.2) is 108 Å². The molecule has 0 spiro atoms. The summed E-state index contributed by atoms with van der Waals surface area (Å²) < 4.78 is 8.62. The van der Waals surface area contributed by atoms with E-state index in [-0.39, 0.29) is 5.25 Å². The lowest BCUT2D eigenvalue weighted by molar-refractivity contribution is 0.294. The zero-order valence-electron chi connectivity index (χ0n) is 19.5. The molecule has 1 aromatic heterocycles. The Morgan fingerprint density at radius 2 is 1.41 bits per heavy atom. The lowest BCUT2D eigenvalue weighted by Crippen LogP contribution is -2.14. The molecule has 0 aliphatic carbocycles. The van der Waals surface area contributed by atoms with E-state index in [1.165, 1.54) is 10.5 Å². The molecule has 0 saturated carbocycles. The van der Waals surface area contributed by atoms with E-state index in [4.69, 9.17) is 9.72 Å². The molecule has 0 aliphatic rings. The lowest BCUT2D eigenvalue weighted by atomic mass is 10.1. The van der Waals surface area contributed by atoms with E-state index in [0.717, 1.165) is 40.3 Å². The first-order valence-electron chi connectivity index (χ1n) is 11.6. The van der Waals surface area contributed by atoms with Gasteiger partial charge in [0.15, 0.2) is 0 Å². The van der Waals surface area contributed by atoms with Crippen molar-refractivity contribution in [1.82, 2.24) is 9.55 Å². The molecule has 0 aliphatic heterocycles. The highest BCUT2D eigenvalue weighted by Crippen LogP contribution is 2.41. The van der Waals surface area contributed by atoms with E-state index in [2.05, 4.69) is 122 Å². The third kappa shape index (κ3) is 4.73. The summed E-state index contributed by atoms with van der Waals surface area (Å²) in [6.07, 6.45) is 0. The number of rotatable bonds is 8. The Balaban J connectivity index is 1.52. The van der Waals surface area contributed by atoms with Gasteiger partial charge < -0.3 is 9.30 Å². The number of ether oxygens (including phenoxy) is 1. The third-order valence-corrected chi connectivity index (χ3v) is 7.25. The van der Waals surface area contributed by atoms with Gasteiger partial charge in [-0.2, -0.15) is 0 Å². The molecular formula is C30H28N2OS. The maximum Gasteiger partial charge on any atom is 0.128 e. The summed E-state index contributed by atoms with van der Waals surface area (Å²) >= 11 is 1.83. The summed E-state index contributed by atoms with van der Waals surface area (Å²) in [5.41, 5.74) is 5.72. The van der Waals surface area contributed by atoms with Crippen LogP contribution in [-0.2, 0) is 6.54 Å². The van der Waals surface area contributed by atoms with Crippen LogP contribution < -0.4 is 4.74 Å². The van der Waals surface area contributed by atoms with Gasteiger partial charge in [-0.3, -0.25) is 0 Å². The Morgan fingerprint density at radius 3 is 2.15 bits per heavy atom.